The number of methoxy groups -OCH3 is 1. The first kappa shape index (κ1) is 17.0. The summed E-state index contributed by atoms with van der Waals surface area (Å²) in [6, 6.07) is 8.58. The standard InChI is InChI=1S/C17H30N2O/c1-7-15(18)16(19(5)12-17(2,3)4)13-9-8-10-14(11-13)20-6/h8-11,15-16H,7,12,18H2,1-6H3. The average Bonchev–Trinajstić information content (AvgIpc) is 2.36. The van der Waals surface area contributed by atoms with Crippen LogP contribution in [0.25, 0.3) is 0 Å². The molecule has 2 N–H and O–H groups in total. The molecule has 2 atom stereocenters. The van der Waals surface area contributed by atoms with Gasteiger partial charge in [-0.15, -0.1) is 0 Å². The van der Waals surface area contributed by atoms with Gasteiger partial charge in [0, 0.05) is 18.6 Å². The molecule has 0 fully saturated rings. The number of likely N-dealkylation sites (N-methyl/N-ethyl adjacent to an activating group) is 1. The highest BCUT2D eigenvalue weighted by molar-refractivity contribution is 5.31. The summed E-state index contributed by atoms with van der Waals surface area (Å²) in [4.78, 5) is 2.36. The molecule has 20 heavy (non-hydrogen) atoms. The highest BCUT2D eigenvalue weighted by Gasteiger charge is 2.26. The highest BCUT2D eigenvalue weighted by Crippen LogP contribution is 2.29. The average molecular weight is 278 g/mol. The molecule has 114 valence electrons. The van der Waals surface area contributed by atoms with Crippen molar-refractivity contribution in [2.75, 3.05) is 20.7 Å². The Hall–Kier alpha value is -1.06. The Labute approximate surface area is 124 Å². The maximum Gasteiger partial charge on any atom is 0.119 e. The number of hydrogen-bond acceptors (Lipinski definition) is 3. The quantitative estimate of drug-likeness (QED) is 0.866. The molecule has 0 heterocycles. The van der Waals surface area contributed by atoms with Gasteiger partial charge in [-0.3, -0.25) is 4.90 Å². The lowest BCUT2D eigenvalue weighted by Gasteiger charge is -2.36. The van der Waals surface area contributed by atoms with E-state index in [1.54, 1.807) is 7.11 Å². The van der Waals surface area contributed by atoms with Gasteiger partial charge in [-0.05, 0) is 36.6 Å². The highest BCUT2D eigenvalue weighted by atomic mass is 16.5. The second-order valence-corrected chi connectivity index (χ2v) is 6.77. The van der Waals surface area contributed by atoms with Crippen molar-refractivity contribution in [3.05, 3.63) is 29.8 Å². The van der Waals surface area contributed by atoms with Crippen LogP contribution in [-0.4, -0.2) is 31.6 Å². The molecule has 0 aliphatic rings. The van der Waals surface area contributed by atoms with Crippen LogP contribution in [0.1, 0.15) is 45.7 Å². The Kier molecular flexibility index (Phi) is 6.03. The Bertz CT molecular complexity index is 412. The molecule has 0 aliphatic carbocycles. The van der Waals surface area contributed by atoms with E-state index in [9.17, 15) is 0 Å². The van der Waals surface area contributed by atoms with Crippen molar-refractivity contribution in [3.8, 4) is 5.75 Å². The van der Waals surface area contributed by atoms with E-state index in [-0.39, 0.29) is 17.5 Å². The van der Waals surface area contributed by atoms with E-state index in [2.05, 4.69) is 51.8 Å². The third-order valence-electron chi connectivity index (χ3n) is 3.51. The third kappa shape index (κ3) is 4.80. The van der Waals surface area contributed by atoms with Gasteiger partial charge >= 0.3 is 0 Å². The van der Waals surface area contributed by atoms with Gasteiger partial charge in [0.15, 0.2) is 0 Å². The second-order valence-electron chi connectivity index (χ2n) is 6.77. The first-order chi connectivity index (χ1) is 9.28. The van der Waals surface area contributed by atoms with Gasteiger partial charge in [-0.1, -0.05) is 39.8 Å². The largest absolute Gasteiger partial charge is 0.497 e. The number of ether oxygens (including phenoxy) is 1. The molecule has 1 rings (SSSR count). The van der Waals surface area contributed by atoms with Crippen LogP contribution in [0, 0.1) is 5.41 Å². The smallest absolute Gasteiger partial charge is 0.119 e. The molecule has 0 aliphatic heterocycles. The fraction of sp³-hybridized carbons (Fsp3) is 0.647. The van der Waals surface area contributed by atoms with Crippen molar-refractivity contribution in [1.82, 2.24) is 4.90 Å². The maximum absolute atomic E-state index is 6.38. The van der Waals surface area contributed by atoms with Crippen molar-refractivity contribution >= 4 is 0 Å². The summed E-state index contributed by atoms with van der Waals surface area (Å²) in [7, 11) is 3.86. The minimum atomic E-state index is 0.120. The summed E-state index contributed by atoms with van der Waals surface area (Å²) in [6.07, 6.45) is 0.955. The van der Waals surface area contributed by atoms with Crippen LogP contribution in [0.5, 0.6) is 5.75 Å². The number of benzene rings is 1. The molecule has 1 aromatic carbocycles. The van der Waals surface area contributed by atoms with Crippen molar-refractivity contribution in [3.63, 3.8) is 0 Å². The molecular formula is C17H30N2O. The minimum absolute atomic E-state index is 0.120. The molecule has 2 unspecified atom stereocenters. The van der Waals surface area contributed by atoms with Gasteiger partial charge in [-0.25, -0.2) is 0 Å². The molecule has 3 heteroatoms. The van der Waals surface area contributed by atoms with Crippen LogP contribution >= 0.6 is 0 Å². The van der Waals surface area contributed by atoms with Gasteiger partial charge in [0.2, 0.25) is 0 Å². The number of nitrogens with two attached hydrogens (primary N) is 1. The van der Waals surface area contributed by atoms with Crippen LogP contribution in [0.3, 0.4) is 0 Å². The monoisotopic (exact) mass is 278 g/mol. The minimum Gasteiger partial charge on any atom is -0.497 e. The van der Waals surface area contributed by atoms with Crippen LogP contribution in [0.15, 0.2) is 24.3 Å². The van der Waals surface area contributed by atoms with E-state index >= 15 is 0 Å². The number of nitrogens with zero attached hydrogens (tertiary/aromatic N) is 1. The lowest BCUT2D eigenvalue weighted by molar-refractivity contribution is 0.151. The summed E-state index contributed by atoms with van der Waals surface area (Å²) in [5, 5.41) is 0. The van der Waals surface area contributed by atoms with E-state index in [0.717, 1.165) is 18.7 Å². The molecule has 0 amide bonds. The fourth-order valence-corrected chi connectivity index (χ4v) is 2.72. The first-order valence-corrected chi connectivity index (χ1v) is 7.38. The second kappa shape index (κ2) is 7.09. The van der Waals surface area contributed by atoms with E-state index in [4.69, 9.17) is 10.5 Å². The van der Waals surface area contributed by atoms with Crippen LogP contribution in [-0.2, 0) is 0 Å². The molecule has 0 bridgehead atoms. The molecule has 0 radical (unpaired) electrons. The predicted molar refractivity (Wildman–Crippen MR) is 86.1 cm³/mol. The van der Waals surface area contributed by atoms with E-state index < -0.39 is 0 Å². The van der Waals surface area contributed by atoms with Crippen LogP contribution in [0.2, 0.25) is 0 Å². The summed E-state index contributed by atoms with van der Waals surface area (Å²) in [6.45, 7) is 9.90. The Morgan fingerprint density at radius 2 is 1.95 bits per heavy atom. The molecular weight excluding hydrogens is 248 g/mol. The summed E-state index contributed by atoms with van der Waals surface area (Å²) < 4.78 is 5.34. The molecule has 0 aromatic heterocycles. The van der Waals surface area contributed by atoms with Crippen molar-refractivity contribution in [2.45, 2.75) is 46.2 Å². The normalized spacial score (nSPS) is 15.2. The lowest BCUT2D eigenvalue weighted by Crippen LogP contribution is -2.42. The first-order valence-electron chi connectivity index (χ1n) is 7.38. The summed E-state index contributed by atoms with van der Waals surface area (Å²) in [5.74, 6) is 0.889. The summed E-state index contributed by atoms with van der Waals surface area (Å²) in [5.41, 5.74) is 7.85. The van der Waals surface area contributed by atoms with Gasteiger partial charge in [0.25, 0.3) is 0 Å². The topological polar surface area (TPSA) is 38.5 Å². The molecule has 0 saturated heterocycles. The fourth-order valence-electron chi connectivity index (χ4n) is 2.72. The zero-order valence-electron chi connectivity index (χ0n) is 13.8. The Morgan fingerprint density at radius 1 is 1.30 bits per heavy atom. The third-order valence-corrected chi connectivity index (χ3v) is 3.51. The number of rotatable bonds is 6. The van der Waals surface area contributed by atoms with E-state index in [1.807, 2.05) is 12.1 Å². The molecule has 0 spiro atoms. The number of hydrogen-bond donors (Lipinski definition) is 1. The summed E-state index contributed by atoms with van der Waals surface area (Å²) >= 11 is 0. The predicted octanol–water partition coefficient (Wildman–Crippen LogP) is 3.45. The van der Waals surface area contributed by atoms with Crippen LogP contribution in [0.4, 0.5) is 0 Å². The zero-order valence-corrected chi connectivity index (χ0v) is 13.8. The van der Waals surface area contributed by atoms with E-state index in [1.165, 1.54) is 5.56 Å². The van der Waals surface area contributed by atoms with Gasteiger partial charge in [-0.2, -0.15) is 0 Å². The van der Waals surface area contributed by atoms with Crippen LogP contribution < -0.4 is 10.5 Å². The Morgan fingerprint density at radius 3 is 2.45 bits per heavy atom. The maximum atomic E-state index is 6.38. The van der Waals surface area contributed by atoms with Gasteiger partial charge < -0.3 is 10.5 Å². The van der Waals surface area contributed by atoms with Gasteiger partial charge in [0.1, 0.15) is 5.75 Å². The molecule has 1 aromatic rings. The Balaban J connectivity index is 3.05. The molecule has 3 nitrogen and oxygen atoms in total. The SMILES string of the molecule is CCC(N)C(c1cccc(OC)c1)N(C)CC(C)(C)C. The van der Waals surface area contributed by atoms with Gasteiger partial charge in [0.05, 0.1) is 7.11 Å². The van der Waals surface area contributed by atoms with Crippen molar-refractivity contribution in [2.24, 2.45) is 11.1 Å². The lowest BCUT2D eigenvalue weighted by atomic mass is 9.91. The van der Waals surface area contributed by atoms with E-state index in [0.29, 0.717) is 0 Å². The molecule has 0 saturated carbocycles. The zero-order chi connectivity index (χ0) is 15.3. The van der Waals surface area contributed by atoms with Crippen molar-refractivity contribution < 1.29 is 4.74 Å². The van der Waals surface area contributed by atoms with Crippen molar-refractivity contribution in [1.29, 1.82) is 0 Å².